The third kappa shape index (κ3) is 3.76. The van der Waals surface area contributed by atoms with E-state index in [1.165, 1.54) is 12.8 Å². The Bertz CT molecular complexity index is 283. The monoisotopic (exact) mass is 258 g/mol. The van der Waals surface area contributed by atoms with Gasteiger partial charge in [-0.2, -0.15) is 0 Å². The van der Waals surface area contributed by atoms with Crippen molar-refractivity contribution in [3.8, 4) is 0 Å². The van der Waals surface area contributed by atoms with Crippen LogP contribution < -0.4 is 5.73 Å². The molecule has 1 saturated heterocycles. The minimum absolute atomic E-state index is 0.371. The molecule has 2 aliphatic rings. The van der Waals surface area contributed by atoms with Crippen LogP contribution in [0, 0.1) is 11.3 Å². The van der Waals surface area contributed by atoms with Crippen LogP contribution in [-0.4, -0.2) is 46.3 Å². The summed E-state index contributed by atoms with van der Waals surface area (Å²) in [5.41, 5.74) is 6.72. The van der Waals surface area contributed by atoms with Crippen molar-refractivity contribution in [3.63, 3.8) is 0 Å². The second-order valence-electron chi connectivity index (χ2n) is 6.48. The summed E-state index contributed by atoms with van der Waals surface area (Å²) in [7, 11) is -0.564. The first kappa shape index (κ1) is 13.5. The first-order chi connectivity index (χ1) is 7.96. The number of nitrogens with zero attached hydrogens (tertiary/aromatic N) is 1. The molecule has 0 spiro atoms. The van der Waals surface area contributed by atoms with E-state index in [4.69, 9.17) is 5.73 Å². The van der Waals surface area contributed by atoms with Crippen molar-refractivity contribution < 1.29 is 4.21 Å². The maximum atomic E-state index is 11.3. The topological polar surface area (TPSA) is 46.3 Å². The molecule has 2 atom stereocenters. The van der Waals surface area contributed by atoms with Gasteiger partial charge >= 0.3 is 0 Å². The molecule has 1 saturated carbocycles. The molecular formula is C13H26N2OS. The second kappa shape index (κ2) is 5.37. The van der Waals surface area contributed by atoms with Crippen LogP contribution in [0.4, 0.5) is 0 Å². The summed E-state index contributed by atoms with van der Waals surface area (Å²) < 4.78 is 11.3. The smallest absolute Gasteiger partial charge is 0.0363 e. The average Bonchev–Trinajstić information content (AvgIpc) is 2.26. The lowest BCUT2D eigenvalue weighted by Crippen LogP contribution is -2.48. The fourth-order valence-electron chi connectivity index (χ4n) is 3.15. The minimum Gasteiger partial charge on any atom is -0.327 e. The Labute approximate surface area is 108 Å². The van der Waals surface area contributed by atoms with Crippen molar-refractivity contribution in [2.24, 2.45) is 17.1 Å². The number of hydrogen-bond donors (Lipinski definition) is 1. The van der Waals surface area contributed by atoms with Gasteiger partial charge < -0.3 is 10.6 Å². The van der Waals surface area contributed by atoms with Crippen LogP contribution in [0.5, 0.6) is 0 Å². The molecule has 100 valence electrons. The highest BCUT2D eigenvalue weighted by Gasteiger charge is 2.34. The summed E-state index contributed by atoms with van der Waals surface area (Å²) in [6.45, 7) is 7.82. The molecule has 0 aromatic rings. The van der Waals surface area contributed by atoms with E-state index in [9.17, 15) is 4.21 Å². The van der Waals surface area contributed by atoms with E-state index in [0.29, 0.717) is 17.4 Å². The third-order valence-corrected chi connectivity index (χ3v) is 5.61. The van der Waals surface area contributed by atoms with E-state index >= 15 is 0 Å². The van der Waals surface area contributed by atoms with Crippen LogP contribution in [0.25, 0.3) is 0 Å². The highest BCUT2D eigenvalue weighted by atomic mass is 32.2. The van der Waals surface area contributed by atoms with E-state index in [0.717, 1.165) is 37.6 Å². The Balaban J connectivity index is 1.86. The highest BCUT2D eigenvalue weighted by Crippen LogP contribution is 2.38. The first-order valence-corrected chi connectivity index (χ1v) is 8.28. The quantitative estimate of drug-likeness (QED) is 0.810. The molecule has 1 aliphatic heterocycles. The van der Waals surface area contributed by atoms with E-state index < -0.39 is 10.8 Å². The van der Waals surface area contributed by atoms with Gasteiger partial charge in [-0.15, -0.1) is 0 Å². The molecule has 1 aliphatic carbocycles. The van der Waals surface area contributed by atoms with Gasteiger partial charge in [-0.05, 0) is 30.6 Å². The highest BCUT2D eigenvalue weighted by molar-refractivity contribution is 7.85. The Morgan fingerprint density at radius 3 is 2.65 bits per heavy atom. The van der Waals surface area contributed by atoms with Gasteiger partial charge in [-0.25, -0.2) is 0 Å². The number of rotatable bonds is 2. The van der Waals surface area contributed by atoms with Crippen molar-refractivity contribution in [3.05, 3.63) is 0 Å². The van der Waals surface area contributed by atoms with Crippen LogP contribution in [0.3, 0.4) is 0 Å². The Kier molecular flexibility index (Phi) is 4.26. The average molecular weight is 258 g/mol. The van der Waals surface area contributed by atoms with Crippen LogP contribution >= 0.6 is 0 Å². The number of nitrogens with two attached hydrogens (primary N) is 1. The molecule has 2 unspecified atom stereocenters. The molecule has 17 heavy (non-hydrogen) atoms. The zero-order valence-corrected chi connectivity index (χ0v) is 12.0. The van der Waals surface area contributed by atoms with Crippen molar-refractivity contribution in [2.45, 2.75) is 39.2 Å². The van der Waals surface area contributed by atoms with Gasteiger partial charge in [0, 0.05) is 48.0 Å². The third-order valence-electron chi connectivity index (χ3n) is 4.34. The zero-order chi connectivity index (χ0) is 12.5. The lowest BCUT2D eigenvalue weighted by molar-refractivity contribution is 0.118. The Morgan fingerprint density at radius 2 is 2.00 bits per heavy atom. The summed E-state index contributed by atoms with van der Waals surface area (Å²) in [4.78, 5) is 2.47. The van der Waals surface area contributed by atoms with Gasteiger partial charge in [-0.3, -0.25) is 4.21 Å². The van der Waals surface area contributed by atoms with Crippen LogP contribution in [-0.2, 0) is 10.8 Å². The molecule has 0 aromatic heterocycles. The fourth-order valence-corrected chi connectivity index (χ4v) is 4.27. The minimum atomic E-state index is -0.564. The molecule has 2 fully saturated rings. The molecule has 2 N–H and O–H groups in total. The summed E-state index contributed by atoms with van der Waals surface area (Å²) >= 11 is 0. The van der Waals surface area contributed by atoms with Gasteiger partial charge in [-0.1, -0.05) is 13.8 Å². The molecule has 0 bridgehead atoms. The fraction of sp³-hybridized carbons (Fsp3) is 1.00. The largest absolute Gasteiger partial charge is 0.327 e. The normalized spacial score (nSPS) is 35.9. The lowest BCUT2D eigenvalue weighted by Gasteiger charge is -2.42. The van der Waals surface area contributed by atoms with Crippen LogP contribution in [0.2, 0.25) is 0 Å². The molecule has 0 aromatic carbocycles. The standard InChI is InChI=1S/C13H26N2OS/c1-13(2)4-3-12(14)11(9-13)10-15-5-7-17(16)8-6-15/h11-12H,3-10,14H2,1-2H3. The summed E-state index contributed by atoms with van der Waals surface area (Å²) in [6.07, 6.45) is 3.67. The summed E-state index contributed by atoms with van der Waals surface area (Å²) in [5.74, 6) is 2.33. The van der Waals surface area contributed by atoms with Crippen LogP contribution in [0.15, 0.2) is 0 Å². The van der Waals surface area contributed by atoms with E-state index in [2.05, 4.69) is 18.7 Å². The zero-order valence-electron chi connectivity index (χ0n) is 11.2. The van der Waals surface area contributed by atoms with Gasteiger partial charge in [0.1, 0.15) is 0 Å². The molecule has 0 amide bonds. The van der Waals surface area contributed by atoms with Crippen molar-refractivity contribution >= 4 is 10.8 Å². The Morgan fingerprint density at radius 1 is 1.35 bits per heavy atom. The predicted molar refractivity (Wildman–Crippen MR) is 73.4 cm³/mol. The lowest BCUT2D eigenvalue weighted by atomic mass is 9.70. The molecule has 3 nitrogen and oxygen atoms in total. The molecular weight excluding hydrogens is 232 g/mol. The number of hydrogen-bond acceptors (Lipinski definition) is 3. The van der Waals surface area contributed by atoms with Crippen molar-refractivity contribution in [2.75, 3.05) is 31.1 Å². The molecule has 1 heterocycles. The van der Waals surface area contributed by atoms with E-state index in [1.54, 1.807) is 0 Å². The van der Waals surface area contributed by atoms with Gasteiger partial charge in [0.2, 0.25) is 0 Å². The SMILES string of the molecule is CC1(C)CCC(N)C(CN2CCS(=O)CC2)C1. The maximum Gasteiger partial charge on any atom is 0.0363 e. The van der Waals surface area contributed by atoms with Crippen molar-refractivity contribution in [1.29, 1.82) is 0 Å². The first-order valence-electron chi connectivity index (χ1n) is 6.79. The molecule has 0 radical (unpaired) electrons. The maximum absolute atomic E-state index is 11.3. The van der Waals surface area contributed by atoms with Gasteiger partial charge in [0.15, 0.2) is 0 Å². The molecule has 2 rings (SSSR count). The summed E-state index contributed by atoms with van der Waals surface area (Å²) in [5, 5.41) is 0. The predicted octanol–water partition coefficient (Wildman–Crippen LogP) is 1.20. The van der Waals surface area contributed by atoms with Gasteiger partial charge in [0.25, 0.3) is 0 Å². The second-order valence-corrected chi connectivity index (χ2v) is 8.18. The summed E-state index contributed by atoms with van der Waals surface area (Å²) in [6, 6.07) is 0.371. The van der Waals surface area contributed by atoms with Gasteiger partial charge in [0.05, 0.1) is 0 Å². The van der Waals surface area contributed by atoms with Crippen LogP contribution in [0.1, 0.15) is 33.1 Å². The van der Waals surface area contributed by atoms with E-state index in [1.807, 2.05) is 0 Å². The van der Waals surface area contributed by atoms with Crippen molar-refractivity contribution in [1.82, 2.24) is 4.90 Å². The Hall–Kier alpha value is 0.0700. The van der Waals surface area contributed by atoms with E-state index in [-0.39, 0.29) is 0 Å². The molecule has 4 heteroatoms.